The second kappa shape index (κ2) is 9.86. The first kappa shape index (κ1) is 21.3. The second-order valence-electron chi connectivity index (χ2n) is 6.58. The van der Waals surface area contributed by atoms with E-state index < -0.39 is 30.7 Å². The molecule has 2 aromatic rings. The van der Waals surface area contributed by atoms with Crippen molar-refractivity contribution >= 4 is 18.0 Å². The molecular formula is C21H22N2O7. The molecule has 0 heterocycles. The molecule has 30 heavy (non-hydrogen) atoms. The van der Waals surface area contributed by atoms with Crippen LogP contribution in [0, 0.1) is 0 Å². The molecule has 0 fully saturated rings. The molecule has 1 aliphatic rings. The number of hydrogen-bond donors (Lipinski definition) is 3. The molecule has 2 aromatic carbocycles. The van der Waals surface area contributed by atoms with E-state index in [1.54, 1.807) is 0 Å². The number of hydroxylamine groups is 1. The van der Waals surface area contributed by atoms with Crippen LogP contribution in [0.3, 0.4) is 0 Å². The van der Waals surface area contributed by atoms with Crippen LogP contribution in [0.5, 0.6) is 0 Å². The zero-order valence-corrected chi connectivity index (χ0v) is 16.3. The van der Waals surface area contributed by atoms with E-state index in [-0.39, 0.29) is 19.1 Å². The van der Waals surface area contributed by atoms with Crippen molar-refractivity contribution in [3.8, 4) is 11.1 Å². The molecule has 0 bridgehead atoms. The Hall–Kier alpha value is -3.43. The molecule has 1 unspecified atom stereocenters. The number of rotatable bonds is 9. The molecule has 158 valence electrons. The number of methoxy groups -OCH3 is 1. The summed E-state index contributed by atoms with van der Waals surface area (Å²) >= 11 is 0. The summed E-state index contributed by atoms with van der Waals surface area (Å²) in [5.74, 6) is -2.03. The number of aliphatic carboxylic acids is 1. The maximum Gasteiger partial charge on any atom is 0.407 e. The summed E-state index contributed by atoms with van der Waals surface area (Å²) in [6, 6.07) is 16.0. The third-order valence-electron chi connectivity index (χ3n) is 4.72. The Morgan fingerprint density at radius 3 is 2.20 bits per heavy atom. The highest BCUT2D eigenvalue weighted by Crippen LogP contribution is 2.44. The fourth-order valence-corrected chi connectivity index (χ4v) is 3.34. The zero-order chi connectivity index (χ0) is 21.5. The normalized spacial score (nSPS) is 13.1. The topological polar surface area (TPSA) is 123 Å². The largest absolute Gasteiger partial charge is 0.479 e. The number of carboxylic acid groups (broad SMARTS) is 1. The molecule has 1 atom stereocenters. The Morgan fingerprint density at radius 2 is 1.63 bits per heavy atom. The maximum atomic E-state index is 12.1. The molecule has 0 aliphatic heterocycles. The van der Waals surface area contributed by atoms with Crippen LogP contribution in [0.25, 0.3) is 11.1 Å². The van der Waals surface area contributed by atoms with E-state index in [1.807, 2.05) is 54.0 Å². The van der Waals surface area contributed by atoms with Gasteiger partial charge in [0.05, 0.1) is 6.54 Å². The SMILES string of the molecule is COC(CNC(=O)OCC1c2ccccc2-c2ccccc21)C(=O)NOCC(=O)O. The van der Waals surface area contributed by atoms with Gasteiger partial charge in [-0.3, -0.25) is 9.63 Å². The third-order valence-corrected chi connectivity index (χ3v) is 4.72. The highest BCUT2D eigenvalue weighted by Gasteiger charge is 2.29. The number of hydrogen-bond acceptors (Lipinski definition) is 6. The van der Waals surface area contributed by atoms with Crippen molar-refractivity contribution < 1.29 is 33.8 Å². The van der Waals surface area contributed by atoms with Gasteiger partial charge >= 0.3 is 12.1 Å². The fraction of sp³-hybridized carbons (Fsp3) is 0.286. The van der Waals surface area contributed by atoms with E-state index in [0.717, 1.165) is 22.3 Å². The van der Waals surface area contributed by atoms with E-state index >= 15 is 0 Å². The highest BCUT2D eigenvalue weighted by atomic mass is 16.7. The van der Waals surface area contributed by atoms with Crippen molar-refractivity contribution in [1.82, 2.24) is 10.8 Å². The smallest absolute Gasteiger partial charge is 0.407 e. The van der Waals surface area contributed by atoms with Crippen LogP contribution in [0.2, 0.25) is 0 Å². The highest BCUT2D eigenvalue weighted by molar-refractivity contribution is 5.81. The Bertz CT molecular complexity index is 886. The molecule has 1 aliphatic carbocycles. The van der Waals surface area contributed by atoms with E-state index in [0.29, 0.717) is 0 Å². The molecule has 3 rings (SSSR count). The van der Waals surface area contributed by atoms with Crippen molar-refractivity contribution in [3.63, 3.8) is 0 Å². The minimum absolute atomic E-state index is 0.0749. The van der Waals surface area contributed by atoms with Crippen LogP contribution in [0.15, 0.2) is 48.5 Å². The van der Waals surface area contributed by atoms with Crippen molar-refractivity contribution in [2.45, 2.75) is 12.0 Å². The number of ether oxygens (including phenoxy) is 2. The van der Waals surface area contributed by atoms with Gasteiger partial charge < -0.3 is 19.9 Å². The fourth-order valence-electron chi connectivity index (χ4n) is 3.34. The molecule has 0 radical (unpaired) electrons. The number of alkyl carbamates (subject to hydrolysis) is 1. The first-order valence-electron chi connectivity index (χ1n) is 9.26. The van der Waals surface area contributed by atoms with Gasteiger partial charge in [0, 0.05) is 13.0 Å². The second-order valence-corrected chi connectivity index (χ2v) is 6.58. The minimum Gasteiger partial charge on any atom is -0.479 e. The quantitative estimate of drug-likeness (QED) is 0.533. The molecule has 9 nitrogen and oxygen atoms in total. The standard InChI is InChI=1S/C21H22N2O7/c1-28-18(20(26)23-30-12-19(24)25)10-22-21(27)29-11-17-15-8-4-2-6-13(15)14-7-3-5-9-16(14)17/h2-9,17-18H,10-12H2,1H3,(H,22,27)(H,23,26)(H,24,25). The summed E-state index contributed by atoms with van der Waals surface area (Å²) in [4.78, 5) is 38.9. The van der Waals surface area contributed by atoms with Gasteiger partial charge in [0.15, 0.2) is 12.7 Å². The molecule has 9 heteroatoms. The molecule has 0 spiro atoms. The number of amides is 2. The van der Waals surface area contributed by atoms with Gasteiger partial charge in [-0.2, -0.15) is 0 Å². The molecule has 0 aromatic heterocycles. The van der Waals surface area contributed by atoms with Crippen LogP contribution in [-0.4, -0.2) is 56.0 Å². The number of carbonyl (C=O) groups excluding carboxylic acids is 2. The molecule has 2 amide bonds. The predicted octanol–water partition coefficient (Wildman–Crippen LogP) is 1.67. The average molecular weight is 414 g/mol. The first-order valence-corrected chi connectivity index (χ1v) is 9.26. The number of nitrogens with one attached hydrogen (secondary N) is 2. The number of fused-ring (bicyclic) bond motifs is 3. The lowest BCUT2D eigenvalue weighted by molar-refractivity contribution is -0.153. The lowest BCUT2D eigenvalue weighted by atomic mass is 9.98. The molecule has 0 saturated heterocycles. The number of carbonyl (C=O) groups is 3. The van der Waals surface area contributed by atoms with Gasteiger partial charge in [-0.25, -0.2) is 15.1 Å². The van der Waals surface area contributed by atoms with Crippen molar-refractivity contribution in [2.75, 3.05) is 26.9 Å². The number of benzene rings is 2. The van der Waals surface area contributed by atoms with E-state index in [4.69, 9.17) is 14.6 Å². The summed E-state index contributed by atoms with van der Waals surface area (Å²) < 4.78 is 10.4. The Labute approximate surface area is 172 Å². The van der Waals surface area contributed by atoms with Gasteiger partial charge in [0.1, 0.15) is 6.61 Å². The Morgan fingerprint density at radius 1 is 1.03 bits per heavy atom. The van der Waals surface area contributed by atoms with Crippen LogP contribution in [0.1, 0.15) is 17.0 Å². The molecule has 3 N–H and O–H groups in total. The van der Waals surface area contributed by atoms with E-state index in [2.05, 4.69) is 10.2 Å². The zero-order valence-electron chi connectivity index (χ0n) is 16.3. The van der Waals surface area contributed by atoms with Gasteiger partial charge in [-0.1, -0.05) is 48.5 Å². The minimum atomic E-state index is -1.24. The summed E-state index contributed by atoms with van der Waals surface area (Å²) in [5, 5.41) is 11.0. The van der Waals surface area contributed by atoms with Gasteiger partial charge in [-0.15, -0.1) is 0 Å². The molecule has 0 saturated carbocycles. The van der Waals surface area contributed by atoms with E-state index in [9.17, 15) is 14.4 Å². The summed E-state index contributed by atoms with van der Waals surface area (Å²) in [7, 11) is 1.28. The summed E-state index contributed by atoms with van der Waals surface area (Å²) in [6.45, 7) is -0.719. The van der Waals surface area contributed by atoms with Crippen LogP contribution in [-0.2, 0) is 23.9 Å². The first-order chi connectivity index (χ1) is 14.5. The van der Waals surface area contributed by atoms with E-state index in [1.165, 1.54) is 7.11 Å². The third kappa shape index (κ3) is 4.94. The van der Waals surface area contributed by atoms with Gasteiger partial charge in [0.2, 0.25) is 0 Å². The summed E-state index contributed by atoms with van der Waals surface area (Å²) in [5.41, 5.74) is 6.39. The lowest BCUT2D eigenvalue weighted by Gasteiger charge is -2.17. The van der Waals surface area contributed by atoms with Crippen LogP contribution >= 0.6 is 0 Å². The monoisotopic (exact) mass is 414 g/mol. The lowest BCUT2D eigenvalue weighted by Crippen LogP contribution is -2.44. The molecular weight excluding hydrogens is 392 g/mol. The summed E-state index contributed by atoms with van der Waals surface area (Å²) in [6.07, 6.45) is -1.77. The van der Waals surface area contributed by atoms with Crippen molar-refractivity contribution in [1.29, 1.82) is 0 Å². The van der Waals surface area contributed by atoms with Crippen molar-refractivity contribution in [3.05, 3.63) is 59.7 Å². The van der Waals surface area contributed by atoms with Crippen LogP contribution in [0.4, 0.5) is 4.79 Å². The average Bonchev–Trinajstić information content (AvgIpc) is 3.06. The Kier molecular flexibility index (Phi) is 6.99. The van der Waals surface area contributed by atoms with Crippen molar-refractivity contribution in [2.24, 2.45) is 0 Å². The van der Waals surface area contributed by atoms with Gasteiger partial charge in [-0.05, 0) is 22.3 Å². The van der Waals surface area contributed by atoms with Crippen LogP contribution < -0.4 is 10.8 Å². The maximum absolute atomic E-state index is 12.1. The van der Waals surface area contributed by atoms with Gasteiger partial charge in [0.25, 0.3) is 5.91 Å². The Balaban J connectivity index is 1.52. The number of carboxylic acids is 1. The predicted molar refractivity (Wildman–Crippen MR) is 106 cm³/mol.